The molecule has 1 heterocycles. The van der Waals surface area contributed by atoms with E-state index in [0.717, 1.165) is 30.0 Å². The van der Waals surface area contributed by atoms with Crippen LogP contribution in [0.2, 0.25) is 0 Å². The number of nitrogens with one attached hydrogen (secondary N) is 1. The highest BCUT2D eigenvalue weighted by atomic mass is 32.2. The van der Waals surface area contributed by atoms with Gasteiger partial charge in [-0.2, -0.15) is 0 Å². The topological polar surface area (TPSA) is 91.3 Å². The number of carbonyl (C=O) groups is 1. The lowest BCUT2D eigenvalue weighted by molar-refractivity contribution is 0.0626. The number of anilines is 1. The third kappa shape index (κ3) is 6.74. The van der Waals surface area contributed by atoms with Crippen molar-refractivity contribution in [1.29, 1.82) is 0 Å². The first-order valence-corrected chi connectivity index (χ1v) is 15.8. The van der Waals surface area contributed by atoms with Crippen LogP contribution in [0.5, 0.6) is 5.75 Å². The minimum atomic E-state index is -4.10. The van der Waals surface area contributed by atoms with Crippen LogP contribution in [0.4, 0.5) is 20.2 Å². The number of ether oxygens (including phenoxy) is 1. The second kappa shape index (κ2) is 13.5. The predicted octanol–water partition coefficient (Wildman–Crippen LogP) is 6.19. The number of methoxy groups -OCH3 is 1. The van der Waals surface area contributed by atoms with E-state index in [9.17, 15) is 22.0 Å². The molecule has 0 aromatic heterocycles. The van der Waals surface area contributed by atoms with Gasteiger partial charge >= 0.3 is 0 Å². The summed E-state index contributed by atoms with van der Waals surface area (Å²) in [4.78, 5) is 21.4. The summed E-state index contributed by atoms with van der Waals surface area (Å²) in [6.45, 7) is 3.76. The fourth-order valence-electron chi connectivity index (χ4n) is 5.36. The van der Waals surface area contributed by atoms with E-state index in [2.05, 4.69) is 21.9 Å². The number of hydrogen-bond donors (Lipinski definition) is 1. The van der Waals surface area contributed by atoms with Crippen molar-refractivity contribution in [1.82, 2.24) is 9.80 Å². The highest BCUT2D eigenvalue weighted by molar-refractivity contribution is 7.92. The molecule has 1 aliphatic heterocycles. The molecular formula is C33H34F2N4O4S. The third-order valence-electron chi connectivity index (χ3n) is 7.63. The minimum absolute atomic E-state index is 0.0196. The molecule has 5 rings (SSSR count). The normalized spacial score (nSPS) is 15.8. The van der Waals surface area contributed by atoms with E-state index in [1.807, 2.05) is 17.0 Å². The maximum Gasteiger partial charge on any atom is 0.264 e. The number of amides is 1. The molecule has 3 aromatic carbocycles. The Morgan fingerprint density at radius 1 is 1.05 bits per heavy atom. The number of benzene rings is 3. The van der Waals surface area contributed by atoms with E-state index in [-0.39, 0.29) is 34.3 Å². The van der Waals surface area contributed by atoms with Crippen molar-refractivity contribution < 1.29 is 26.7 Å². The fraction of sp³-hybridized carbons (Fsp3) is 0.273. The minimum Gasteiger partial charge on any atom is -0.495 e. The second-order valence-electron chi connectivity index (χ2n) is 10.5. The van der Waals surface area contributed by atoms with E-state index in [0.29, 0.717) is 37.4 Å². The lowest BCUT2D eigenvalue weighted by Crippen LogP contribution is -2.48. The van der Waals surface area contributed by atoms with Gasteiger partial charge in [0.05, 0.1) is 18.5 Å². The smallest absolute Gasteiger partial charge is 0.264 e. The van der Waals surface area contributed by atoms with Crippen molar-refractivity contribution in [2.75, 3.05) is 38.0 Å². The zero-order chi connectivity index (χ0) is 31.3. The fourth-order valence-corrected chi connectivity index (χ4v) is 6.60. The molecule has 2 aliphatic rings. The summed E-state index contributed by atoms with van der Waals surface area (Å²) in [5.41, 5.74) is 2.76. The first kappa shape index (κ1) is 31.1. The first-order chi connectivity index (χ1) is 21.2. The van der Waals surface area contributed by atoms with Crippen LogP contribution in [0.3, 0.4) is 0 Å². The summed E-state index contributed by atoms with van der Waals surface area (Å²) in [6, 6.07) is 13.7. The van der Waals surface area contributed by atoms with Crippen LogP contribution in [0.1, 0.15) is 41.3 Å². The number of allylic oxidation sites excluding steroid dienone is 4. The van der Waals surface area contributed by atoms with Gasteiger partial charge in [-0.15, -0.1) is 0 Å². The van der Waals surface area contributed by atoms with Crippen molar-refractivity contribution in [2.45, 2.75) is 31.2 Å². The molecule has 1 fully saturated rings. The van der Waals surface area contributed by atoms with Crippen molar-refractivity contribution in [3.05, 3.63) is 101 Å². The first-order valence-electron chi connectivity index (χ1n) is 14.4. The molecular weight excluding hydrogens is 586 g/mol. The Bertz CT molecular complexity index is 1750. The maximum atomic E-state index is 14.1. The maximum absolute atomic E-state index is 14.1. The van der Waals surface area contributed by atoms with Crippen LogP contribution < -0.4 is 9.46 Å². The van der Waals surface area contributed by atoms with Crippen molar-refractivity contribution in [3.63, 3.8) is 0 Å². The average molecular weight is 621 g/mol. The number of nitrogens with zero attached hydrogens (tertiary/aromatic N) is 3. The van der Waals surface area contributed by atoms with E-state index in [4.69, 9.17) is 4.74 Å². The van der Waals surface area contributed by atoms with Gasteiger partial charge in [0.1, 0.15) is 10.6 Å². The summed E-state index contributed by atoms with van der Waals surface area (Å²) in [5.74, 6) is -1.78. The van der Waals surface area contributed by atoms with E-state index in [1.54, 1.807) is 36.2 Å². The standard InChI is InChI=1S/C33H34F2N4O4S/c1-3-36-32-26(23-9-5-4-6-10-23)12-8-14-30(32)44(41,42)37-28-16-15-24(21-29(28)43-2)33(40)39-19-17-38(18-20-39)22-25-11-7-13-27(34)31(25)35/h3,5,7-16,21,37H,4,6,17-20,22H2,1-2H3. The molecule has 0 bridgehead atoms. The highest BCUT2D eigenvalue weighted by Gasteiger charge is 2.26. The predicted molar refractivity (Wildman–Crippen MR) is 168 cm³/mol. The van der Waals surface area contributed by atoms with Crippen LogP contribution in [0, 0.1) is 11.6 Å². The number of sulfonamides is 1. The molecule has 0 atom stereocenters. The van der Waals surface area contributed by atoms with Gasteiger partial charge in [0.2, 0.25) is 0 Å². The Balaban J connectivity index is 1.31. The molecule has 0 radical (unpaired) electrons. The molecule has 0 spiro atoms. The van der Waals surface area contributed by atoms with Gasteiger partial charge in [0.25, 0.3) is 15.9 Å². The molecule has 1 aliphatic carbocycles. The van der Waals surface area contributed by atoms with E-state index >= 15 is 0 Å². The summed E-state index contributed by atoms with van der Waals surface area (Å²) >= 11 is 0. The van der Waals surface area contributed by atoms with Crippen LogP contribution in [-0.2, 0) is 16.6 Å². The lowest BCUT2D eigenvalue weighted by atomic mass is 9.98. The summed E-state index contributed by atoms with van der Waals surface area (Å²) in [6.07, 6.45) is 9.45. The Morgan fingerprint density at radius 3 is 2.52 bits per heavy atom. The second-order valence-corrected chi connectivity index (χ2v) is 12.1. The molecule has 11 heteroatoms. The van der Waals surface area contributed by atoms with Crippen molar-refractivity contribution >= 4 is 39.1 Å². The summed E-state index contributed by atoms with van der Waals surface area (Å²) in [5, 5.41) is 0. The van der Waals surface area contributed by atoms with Crippen LogP contribution in [0.15, 0.2) is 82.7 Å². The number of hydrogen-bond acceptors (Lipinski definition) is 6. The molecule has 1 saturated heterocycles. The molecule has 8 nitrogen and oxygen atoms in total. The quantitative estimate of drug-likeness (QED) is 0.288. The third-order valence-corrected chi connectivity index (χ3v) is 9.03. The van der Waals surface area contributed by atoms with Crippen molar-refractivity contribution in [3.8, 4) is 5.75 Å². The molecule has 3 aromatic rings. The summed E-state index contributed by atoms with van der Waals surface area (Å²) in [7, 11) is -2.69. The Hall–Kier alpha value is -4.35. The monoisotopic (exact) mass is 620 g/mol. The Morgan fingerprint density at radius 2 is 1.82 bits per heavy atom. The van der Waals surface area contributed by atoms with Gasteiger partial charge in [0.15, 0.2) is 11.6 Å². The number of aliphatic imine (C=N–C) groups is 1. The zero-order valence-electron chi connectivity index (χ0n) is 24.6. The molecule has 44 heavy (non-hydrogen) atoms. The molecule has 0 saturated carbocycles. The van der Waals surface area contributed by atoms with E-state index in [1.165, 1.54) is 31.4 Å². The SMILES string of the molecule is CC=Nc1c(C2=CCCC=C2)cccc1S(=O)(=O)Nc1ccc(C(=O)N2CCN(Cc3cccc(F)c3F)CC2)cc1OC. The van der Waals surface area contributed by atoms with Gasteiger partial charge in [-0.05, 0) is 55.7 Å². The largest absolute Gasteiger partial charge is 0.495 e. The van der Waals surface area contributed by atoms with Gasteiger partial charge in [0, 0.05) is 55.6 Å². The number of halogens is 2. The van der Waals surface area contributed by atoms with Crippen LogP contribution in [-0.4, -0.2) is 63.6 Å². The summed E-state index contributed by atoms with van der Waals surface area (Å²) < 4.78 is 63.1. The molecule has 230 valence electrons. The lowest BCUT2D eigenvalue weighted by Gasteiger charge is -2.35. The number of piperazine rings is 1. The number of rotatable bonds is 9. The van der Waals surface area contributed by atoms with Crippen LogP contribution in [0.25, 0.3) is 5.57 Å². The average Bonchev–Trinajstić information content (AvgIpc) is 3.04. The molecule has 0 unspecified atom stereocenters. The van der Waals surface area contributed by atoms with Crippen LogP contribution >= 0.6 is 0 Å². The van der Waals surface area contributed by atoms with Crippen molar-refractivity contribution in [2.24, 2.45) is 4.99 Å². The van der Waals surface area contributed by atoms with Gasteiger partial charge in [-0.25, -0.2) is 17.2 Å². The molecule has 1 amide bonds. The van der Waals surface area contributed by atoms with Gasteiger partial charge < -0.3 is 9.64 Å². The molecule has 1 N–H and O–H groups in total. The number of para-hydroxylation sites is 1. The Kier molecular flexibility index (Phi) is 9.55. The zero-order valence-corrected chi connectivity index (χ0v) is 25.4. The van der Waals surface area contributed by atoms with Gasteiger partial charge in [-0.1, -0.05) is 42.5 Å². The Labute approximate surface area is 256 Å². The van der Waals surface area contributed by atoms with Gasteiger partial charge in [-0.3, -0.25) is 19.4 Å². The van der Waals surface area contributed by atoms with E-state index < -0.39 is 21.7 Å². The number of carbonyl (C=O) groups excluding carboxylic acids is 1. The highest BCUT2D eigenvalue weighted by Crippen LogP contribution is 2.37.